The third kappa shape index (κ3) is 3.54. The highest BCUT2D eigenvalue weighted by Crippen LogP contribution is 2.38. The summed E-state index contributed by atoms with van der Waals surface area (Å²) in [6.45, 7) is 5.14. The fraction of sp³-hybridized carbons (Fsp3) is 0.316. The van der Waals surface area contributed by atoms with Gasteiger partial charge in [0, 0.05) is 23.5 Å². The molecule has 0 aliphatic carbocycles. The van der Waals surface area contributed by atoms with Crippen LogP contribution in [-0.4, -0.2) is 22.8 Å². The van der Waals surface area contributed by atoms with Gasteiger partial charge in [-0.3, -0.25) is 0 Å². The molecule has 0 saturated carbocycles. The molecule has 0 bridgehead atoms. The minimum absolute atomic E-state index is 0.0671. The van der Waals surface area contributed by atoms with E-state index in [1.807, 2.05) is 12.1 Å². The minimum Gasteiger partial charge on any atom is -0.550 e. The maximum absolute atomic E-state index is 10.5. The number of hydrogen-bond acceptors (Lipinski definition) is 5. The monoisotopic (exact) mass is 321 g/mol. The molecular formula is C19H17N2O3-. The Labute approximate surface area is 140 Å². The molecule has 3 rings (SSSR count). The lowest BCUT2D eigenvalue weighted by atomic mass is 9.79. The van der Waals surface area contributed by atoms with Crippen LogP contribution in [0.5, 0.6) is 5.75 Å². The molecule has 0 fully saturated rings. The standard InChI is InChI=1S/C19H18N2O3/c1-19(2)9-10-24-17-8-4-13(11-16(17)19)3-5-14-6-7-15(21-20-14)12-18(22)23/h4,6-8,11H,9-10,12H2,1-2H3,(H,22,23)/p-1. The number of benzene rings is 1. The molecule has 5 nitrogen and oxygen atoms in total. The minimum atomic E-state index is -1.18. The summed E-state index contributed by atoms with van der Waals surface area (Å²) in [6, 6.07) is 9.18. The van der Waals surface area contributed by atoms with Gasteiger partial charge in [-0.15, -0.1) is 5.10 Å². The van der Waals surface area contributed by atoms with Crippen molar-refractivity contribution >= 4 is 5.97 Å². The molecule has 24 heavy (non-hydrogen) atoms. The highest BCUT2D eigenvalue weighted by molar-refractivity contribution is 5.67. The number of nitrogens with zero attached hydrogens (tertiary/aromatic N) is 2. The SMILES string of the molecule is CC1(C)CCOc2ccc(C#Cc3ccc(CC(=O)[O-])nn3)cc21. The number of hydrogen-bond donors (Lipinski definition) is 0. The molecule has 1 aliphatic heterocycles. The Morgan fingerprint density at radius 2 is 2.08 bits per heavy atom. The zero-order chi connectivity index (χ0) is 17.2. The Bertz CT molecular complexity index is 830. The van der Waals surface area contributed by atoms with Crippen LogP contribution >= 0.6 is 0 Å². The van der Waals surface area contributed by atoms with Gasteiger partial charge in [-0.25, -0.2) is 0 Å². The fourth-order valence-electron chi connectivity index (χ4n) is 2.62. The number of ether oxygens (including phenoxy) is 1. The Hall–Kier alpha value is -2.87. The van der Waals surface area contributed by atoms with Gasteiger partial charge in [-0.2, -0.15) is 5.10 Å². The van der Waals surface area contributed by atoms with Crippen LogP contribution < -0.4 is 9.84 Å². The normalized spacial score (nSPS) is 14.8. The molecule has 0 amide bonds. The molecule has 1 aromatic carbocycles. The van der Waals surface area contributed by atoms with Crippen LogP contribution in [0.25, 0.3) is 0 Å². The maximum atomic E-state index is 10.5. The van der Waals surface area contributed by atoms with Crippen molar-refractivity contribution < 1.29 is 14.6 Å². The van der Waals surface area contributed by atoms with Crippen LogP contribution in [0.3, 0.4) is 0 Å². The summed E-state index contributed by atoms with van der Waals surface area (Å²) in [5.41, 5.74) is 2.96. The molecule has 0 N–H and O–H groups in total. The second kappa shape index (κ2) is 6.32. The van der Waals surface area contributed by atoms with E-state index < -0.39 is 5.97 Å². The van der Waals surface area contributed by atoms with Crippen LogP contribution in [0.4, 0.5) is 0 Å². The average Bonchev–Trinajstić information content (AvgIpc) is 2.54. The van der Waals surface area contributed by atoms with Gasteiger partial charge in [0.2, 0.25) is 0 Å². The molecule has 0 unspecified atom stereocenters. The predicted molar refractivity (Wildman–Crippen MR) is 86.3 cm³/mol. The van der Waals surface area contributed by atoms with Gasteiger partial charge < -0.3 is 14.6 Å². The highest BCUT2D eigenvalue weighted by Gasteiger charge is 2.28. The van der Waals surface area contributed by atoms with Crippen LogP contribution in [0.15, 0.2) is 30.3 Å². The first kappa shape index (κ1) is 16.0. The smallest absolute Gasteiger partial charge is 0.136 e. The Kier molecular flexibility index (Phi) is 4.22. The van der Waals surface area contributed by atoms with E-state index in [9.17, 15) is 9.90 Å². The third-order valence-electron chi connectivity index (χ3n) is 4.07. The van der Waals surface area contributed by atoms with Gasteiger partial charge in [-0.05, 0) is 48.1 Å². The summed E-state index contributed by atoms with van der Waals surface area (Å²) in [5, 5.41) is 18.3. The lowest BCUT2D eigenvalue weighted by Crippen LogP contribution is -2.26. The zero-order valence-electron chi connectivity index (χ0n) is 13.6. The van der Waals surface area contributed by atoms with Crippen LogP contribution in [0.2, 0.25) is 0 Å². The first-order chi connectivity index (χ1) is 11.4. The van der Waals surface area contributed by atoms with Crippen molar-refractivity contribution in [3.8, 4) is 17.6 Å². The molecule has 0 spiro atoms. The van der Waals surface area contributed by atoms with Crippen molar-refractivity contribution in [2.24, 2.45) is 0 Å². The van der Waals surface area contributed by atoms with Gasteiger partial charge in [0.1, 0.15) is 11.4 Å². The summed E-state index contributed by atoms with van der Waals surface area (Å²) >= 11 is 0. The van der Waals surface area contributed by atoms with E-state index in [4.69, 9.17) is 4.74 Å². The van der Waals surface area contributed by atoms with Crippen molar-refractivity contribution in [1.82, 2.24) is 10.2 Å². The summed E-state index contributed by atoms with van der Waals surface area (Å²) < 4.78 is 5.70. The van der Waals surface area contributed by atoms with E-state index in [1.54, 1.807) is 12.1 Å². The van der Waals surface area contributed by atoms with Crippen molar-refractivity contribution in [2.75, 3.05) is 6.61 Å². The fourth-order valence-corrected chi connectivity index (χ4v) is 2.62. The van der Waals surface area contributed by atoms with E-state index in [0.717, 1.165) is 29.9 Å². The molecular weight excluding hydrogens is 304 g/mol. The lowest BCUT2D eigenvalue weighted by molar-refractivity contribution is -0.304. The number of aliphatic carboxylic acids is 1. The van der Waals surface area contributed by atoms with Crippen molar-refractivity contribution in [3.63, 3.8) is 0 Å². The largest absolute Gasteiger partial charge is 0.550 e. The van der Waals surface area contributed by atoms with Crippen LogP contribution in [0, 0.1) is 11.8 Å². The third-order valence-corrected chi connectivity index (χ3v) is 4.07. The lowest BCUT2D eigenvalue weighted by Gasteiger charge is -2.32. The second-order valence-corrected chi connectivity index (χ2v) is 6.40. The number of carboxylic acids is 1. The second-order valence-electron chi connectivity index (χ2n) is 6.40. The van der Waals surface area contributed by atoms with Gasteiger partial charge in [0.15, 0.2) is 0 Å². The molecule has 0 saturated heterocycles. The first-order valence-corrected chi connectivity index (χ1v) is 7.76. The Morgan fingerprint density at radius 1 is 1.25 bits per heavy atom. The maximum Gasteiger partial charge on any atom is 0.136 e. The van der Waals surface area contributed by atoms with Gasteiger partial charge in [0.25, 0.3) is 0 Å². The van der Waals surface area contributed by atoms with Gasteiger partial charge in [0.05, 0.1) is 12.3 Å². The van der Waals surface area contributed by atoms with Gasteiger partial charge >= 0.3 is 0 Å². The molecule has 1 aromatic heterocycles. The summed E-state index contributed by atoms with van der Waals surface area (Å²) in [4.78, 5) is 10.5. The van der Waals surface area contributed by atoms with E-state index in [1.165, 1.54) is 0 Å². The van der Waals surface area contributed by atoms with Crippen LogP contribution in [0.1, 0.15) is 42.8 Å². The number of rotatable bonds is 2. The van der Waals surface area contributed by atoms with Gasteiger partial charge in [-0.1, -0.05) is 19.8 Å². The summed E-state index contributed by atoms with van der Waals surface area (Å²) in [5.74, 6) is 5.76. The molecule has 0 atom stereocenters. The van der Waals surface area contributed by atoms with Crippen LogP contribution in [-0.2, 0) is 16.6 Å². The Morgan fingerprint density at radius 3 is 2.79 bits per heavy atom. The molecule has 2 heterocycles. The number of carbonyl (C=O) groups is 1. The summed E-state index contributed by atoms with van der Waals surface area (Å²) in [7, 11) is 0. The highest BCUT2D eigenvalue weighted by atomic mass is 16.5. The van der Waals surface area contributed by atoms with E-state index in [2.05, 4.69) is 42.0 Å². The summed E-state index contributed by atoms with van der Waals surface area (Å²) in [6.07, 6.45) is 0.725. The number of carbonyl (C=O) groups excluding carboxylic acids is 1. The average molecular weight is 321 g/mol. The first-order valence-electron chi connectivity index (χ1n) is 7.76. The zero-order valence-corrected chi connectivity index (χ0v) is 13.6. The van der Waals surface area contributed by atoms with E-state index in [0.29, 0.717) is 11.4 Å². The number of aromatic nitrogens is 2. The van der Waals surface area contributed by atoms with E-state index in [-0.39, 0.29) is 11.8 Å². The van der Waals surface area contributed by atoms with Crippen molar-refractivity contribution in [3.05, 3.63) is 52.8 Å². The number of carboxylic acid groups (broad SMARTS) is 1. The molecule has 1 aliphatic rings. The molecule has 122 valence electrons. The van der Waals surface area contributed by atoms with E-state index >= 15 is 0 Å². The van der Waals surface area contributed by atoms with Crippen molar-refractivity contribution in [2.45, 2.75) is 32.1 Å². The predicted octanol–water partition coefficient (Wildman–Crippen LogP) is 1.23. The Balaban J connectivity index is 1.82. The quantitative estimate of drug-likeness (QED) is 0.778. The molecule has 5 heteroatoms. The topological polar surface area (TPSA) is 75.1 Å². The number of fused-ring (bicyclic) bond motifs is 1. The molecule has 2 aromatic rings. The van der Waals surface area contributed by atoms with Crippen molar-refractivity contribution in [1.29, 1.82) is 0 Å². The molecule has 0 radical (unpaired) electrons.